The van der Waals surface area contributed by atoms with E-state index in [2.05, 4.69) is 15.6 Å². The number of amides is 2. The molecule has 0 fully saturated rings. The maximum atomic E-state index is 12.5. The van der Waals surface area contributed by atoms with Gasteiger partial charge in [-0.1, -0.05) is 18.2 Å². The molecular weight excluding hydrogens is 418 g/mol. The molecule has 0 aliphatic rings. The lowest BCUT2D eigenvalue weighted by Gasteiger charge is -2.08. The van der Waals surface area contributed by atoms with E-state index in [1.54, 1.807) is 13.8 Å². The summed E-state index contributed by atoms with van der Waals surface area (Å²) in [5, 5.41) is 27.2. The molecule has 3 aromatic rings. The number of carbonyl (C=O) groups excluding carboxylic acids is 2. The Morgan fingerprint density at radius 1 is 0.750 bits per heavy atom. The van der Waals surface area contributed by atoms with Gasteiger partial charge < -0.3 is 10.6 Å². The number of anilines is 2. The number of aryl methyl sites for hydroxylation is 2. The number of nitro groups is 2. The van der Waals surface area contributed by atoms with Crippen LogP contribution in [0.2, 0.25) is 0 Å². The maximum absolute atomic E-state index is 12.5. The summed E-state index contributed by atoms with van der Waals surface area (Å²) in [4.78, 5) is 50.1. The van der Waals surface area contributed by atoms with Gasteiger partial charge in [-0.15, -0.1) is 0 Å². The molecule has 11 nitrogen and oxygen atoms in total. The average Bonchev–Trinajstić information content (AvgIpc) is 2.76. The van der Waals surface area contributed by atoms with Crippen LogP contribution in [0.15, 0.2) is 54.6 Å². The fourth-order valence-corrected chi connectivity index (χ4v) is 2.85. The number of pyridine rings is 1. The van der Waals surface area contributed by atoms with Gasteiger partial charge in [0.1, 0.15) is 11.4 Å². The molecule has 0 saturated heterocycles. The van der Waals surface area contributed by atoms with Crippen molar-refractivity contribution in [3.05, 3.63) is 97.3 Å². The number of nitrogens with one attached hydrogen (secondary N) is 2. The highest BCUT2D eigenvalue weighted by atomic mass is 16.6. The zero-order valence-electron chi connectivity index (χ0n) is 17.0. The first-order valence-corrected chi connectivity index (χ1v) is 9.25. The molecule has 0 aliphatic heterocycles. The Labute approximate surface area is 181 Å². The van der Waals surface area contributed by atoms with Crippen LogP contribution in [0.3, 0.4) is 0 Å². The number of rotatable bonds is 6. The van der Waals surface area contributed by atoms with E-state index in [1.807, 2.05) is 0 Å². The van der Waals surface area contributed by atoms with E-state index in [9.17, 15) is 29.8 Å². The summed E-state index contributed by atoms with van der Waals surface area (Å²) in [6.07, 6.45) is 0. The van der Waals surface area contributed by atoms with Gasteiger partial charge in [-0.2, -0.15) is 0 Å². The summed E-state index contributed by atoms with van der Waals surface area (Å²) in [6, 6.07) is 12.7. The van der Waals surface area contributed by atoms with E-state index in [0.29, 0.717) is 11.1 Å². The highest BCUT2D eigenvalue weighted by Gasteiger charge is 2.17. The summed E-state index contributed by atoms with van der Waals surface area (Å²) in [5.74, 6) is -1.33. The topological polar surface area (TPSA) is 157 Å². The van der Waals surface area contributed by atoms with Gasteiger partial charge in [0.15, 0.2) is 0 Å². The van der Waals surface area contributed by atoms with E-state index in [1.165, 1.54) is 54.6 Å². The molecule has 1 aromatic heterocycles. The maximum Gasteiger partial charge on any atom is 0.274 e. The first-order valence-electron chi connectivity index (χ1n) is 9.25. The highest BCUT2D eigenvalue weighted by Crippen LogP contribution is 2.24. The summed E-state index contributed by atoms with van der Waals surface area (Å²) >= 11 is 0. The number of hydrogen-bond donors (Lipinski definition) is 2. The molecule has 0 bridgehead atoms. The van der Waals surface area contributed by atoms with Crippen LogP contribution in [0.4, 0.5) is 22.7 Å². The molecule has 0 radical (unpaired) electrons. The quantitative estimate of drug-likeness (QED) is 0.437. The monoisotopic (exact) mass is 435 g/mol. The van der Waals surface area contributed by atoms with Gasteiger partial charge >= 0.3 is 0 Å². The molecule has 0 saturated carbocycles. The summed E-state index contributed by atoms with van der Waals surface area (Å²) in [7, 11) is 0. The zero-order chi connectivity index (χ0) is 23.4. The van der Waals surface area contributed by atoms with Crippen molar-refractivity contribution in [1.82, 2.24) is 4.98 Å². The predicted molar refractivity (Wildman–Crippen MR) is 116 cm³/mol. The van der Waals surface area contributed by atoms with E-state index in [4.69, 9.17) is 0 Å². The van der Waals surface area contributed by atoms with Gasteiger partial charge in [0.05, 0.1) is 9.85 Å². The van der Waals surface area contributed by atoms with E-state index in [0.717, 1.165) is 0 Å². The normalized spacial score (nSPS) is 10.3. The second-order valence-corrected chi connectivity index (χ2v) is 6.83. The van der Waals surface area contributed by atoms with Crippen molar-refractivity contribution in [2.45, 2.75) is 13.8 Å². The van der Waals surface area contributed by atoms with Crippen LogP contribution in [-0.2, 0) is 0 Å². The van der Waals surface area contributed by atoms with Crippen molar-refractivity contribution in [2.24, 2.45) is 0 Å². The molecule has 2 N–H and O–H groups in total. The van der Waals surface area contributed by atoms with Crippen LogP contribution >= 0.6 is 0 Å². The number of benzene rings is 2. The van der Waals surface area contributed by atoms with Crippen LogP contribution in [0.1, 0.15) is 32.1 Å². The van der Waals surface area contributed by atoms with E-state index < -0.39 is 21.7 Å². The molecule has 162 valence electrons. The molecule has 2 amide bonds. The molecule has 0 unspecified atom stereocenters. The van der Waals surface area contributed by atoms with Gasteiger partial charge in [0.2, 0.25) is 0 Å². The lowest BCUT2D eigenvalue weighted by molar-refractivity contribution is -0.385. The Balaban J connectivity index is 1.78. The fourth-order valence-electron chi connectivity index (χ4n) is 2.85. The van der Waals surface area contributed by atoms with Crippen molar-refractivity contribution in [1.29, 1.82) is 0 Å². The molecule has 3 rings (SSSR count). The number of aromatic nitrogens is 1. The molecule has 0 atom stereocenters. The Kier molecular flexibility index (Phi) is 6.19. The van der Waals surface area contributed by atoms with Crippen LogP contribution in [0, 0.1) is 34.1 Å². The van der Waals surface area contributed by atoms with Crippen LogP contribution in [0.5, 0.6) is 0 Å². The summed E-state index contributed by atoms with van der Waals surface area (Å²) < 4.78 is 0. The molecule has 0 spiro atoms. The van der Waals surface area contributed by atoms with E-state index in [-0.39, 0.29) is 34.1 Å². The lowest BCUT2D eigenvalue weighted by atomic mass is 10.1. The standard InChI is InChI=1S/C21H17N5O6/c1-12-6-8-14(10-18(12)25(29)30)22-20(27)16-4-3-5-17(24-16)21(28)23-15-9-7-13(2)19(11-15)26(31)32/h3-11H,1-2H3,(H,22,27)(H,23,28). The van der Waals surface area contributed by atoms with Crippen LogP contribution in [0.25, 0.3) is 0 Å². The Hall–Kier alpha value is -4.67. The van der Waals surface area contributed by atoms with Crippen molar-refractivity contribution >= 4 is 34.6 Å². The smallest absolute Gasteiger partial charge is 0.274 e. The molecular formula is C21H17N5O6. The highest BCUT2D eigenvalue weighted by molar-refractivity contribution is 6.06. The predicted octanol–water partition coefficient (Wildman–Crippen LogP) is 4.02. The molecule has 2 aromatic carbocycles. The minimum Gasteiger partial charge on any atom is -0.320 e. The molecule has 11 heteroatoms. The Morgan fingerprint density at radius 3 is 1.53 bits per heavy atom. The van der Waals surface area contributed by atoms with Crippen LogP contribution in [-0.4, -0.2) is 26.6 Å². The number of carbonyl (C=O) groups is 2. The third-order valence-electron chi connectivity index (χ3n) is 4.54. The minimum atomic E-state index is -0.663. The summed E-state index contributed by atoms with van der Waals surface area (Å²) in [6.45, 7) is 3.16. The summed E-state index contributed by atoms with van der Waals surface area (Å²) in [5.41, 5.74) is 0.841. The number of hydrogen-bond acceptors (Lipinski definition) is 7. The van der Waals surface area contributed by atoms with Gasteiger partial charge in [-0.3, -0.25) is 29.8 Å². The largest absolute Gasteiger partial charge is 0.320 e. The van der Waals surface area contributed by atoms with Crippen LogP contribution < -0.4 is 10.6 Å². The number of nitrogens with zero attached hydrogens (tertiary/aromatic N) is 3. The third kappa shape index (κ3) is 4.90. The Morgan fingerprint density at radius 2 is 1.16 bits per heavy atom. The van der Waals surface area contributed by atoms with Crippen molar-refractivity contribution in [2.75, 3.05) is 10.6 Å². The minimum absolute atomic E-state index is 0.0873. The second kappa shape index (κ2) is 9.00. The van der Waals surface area contributed by atoms with Gasteiger partial charge in [0, 0.05) is 34.6 Å². The van der Waals surface area contributed by atoms with Gasteiger partial charge in [-0.25, -0.2) is 4.98 Å². The number of nitro benzene ring substituents is 2. The zero-order valence-corrected chi connectivity index (χ0v) is 17.0. The van der Waals surface area contributed by atoms with Crippen molar-refractivity contribution in [3.63, 3.8) is 0 Å². The fraction of sp³-hybridized carbons (Fsp3) is 0.0952. The molecule has 32 heavy (non-hydrogen) atoms. The lowest BCUT2D eigenvalue weighted by Crippen LogP contribution is -2.18. The first kappa shape index (κ1) is 22.0. The third-order valence-corrected chi connectivity index (χ3v) is 4.54. The SMILES string of the molecule is Cc1ccc(NC(=O)c2cccc(C(=O)Nc3ccc(C)c([N+](=O)[O-])c3)n2)cc1[N+](=O)[O-]. The first-order chi connectivity index (χ1) is 15.2. The van der Waals surface area contributed by atoms with Crippen molar-refractivity contribution < 1.29 is 19.4 Å². The average molecular weight is 435 g/mol. The molecule has 1 heterocycles. The van der Waals surface area contributed by atoms with Crippen molar-refractivity contribution in [3.8, 4) is 0 Å². The van der Waals surface area contributed by atoms with Gasteiger partial charge in [0.25, 0.3) is 23.2 Å². The second-order valence-electron chi connectivity index (χ2n) is 6.83. The van der Waals surface area contributed by atoms with Gasteiger partial charge in [-0.05, 0) is 38.1 Å². The van der Waals surface area contributed by atoms with E-state index >= 15 is 0 Å². The Bertz CT molecular complexity index is 1160. The molecule has 0 aliphatic carbocycles.